The van der Waals surface area contributed by atoms with Gasteiger partial charge in [0.2, 0.25) is 5.91 Å². The fraction of sp³-hybridized carbons (Fsp3) is 0.333. The average Bonchev–Trinajstić information content (AvgIpc) is 3.25. The van der Waals surface area contributed by atoms with Crippen molar-refractivity contribution >= 4 is 28.2 Å². The van der Waals surface area contributed by atoms with E-state index in [4.69, 9.17) is 9.47 Å². The molecule has 1 aromatic heterocycles. The summed E-state index contributed by atoms with van der Waals surface area (Å²) in [6.45, 7) is 2.48. The fourth-order valence-electron chi connectivity index (χ4n) is 4.11. The molecule has 3 aromatic rings. The number of esters is 1. The van der Waals surface area contributed by atoms with E-state index in [1.54, 1.807) is 0 Å². The maximum atomic E-state index is 12.6. The van der Waals surface area contributed by atoms with Crippen LogP contribution < -0.4 is 10.1 Å². The molecule has 1 heterocycles. The molecule has 0 bridgehead atoms. The van der Waals surface area contributed by atoms with Gasteiger partial charge in [0.25, 0.3) is 0 Å². The SMILES string of the molecule is COC(=O)c1c(-c2ccc3c(c2)CCCC3)csc1NC(=O)CCCOc1ccc(C)cc1. The molecule has 4 rings (SSSR count). The van der Waals surface area contributed by atoms with Crippen LogP contribution >= 0.6 is 11.3 Å². The van der Waals surface area contributed by atoms with E-state index in [2.05, 4.69) is 23.5 Å². The summed E-state index contributed by atoms with van der Waals surface area (Å²) in [5.74, 6) is 0.204. The van der Waals surface area contributed by atoms with E-state index < -0.39 is 5.97 Å². The number of anilines is 1. The number of methoxy groups -OCH3 is 1. The number of benzene rings is 2. The predicted octanol–water partition coefficient (Wildman–Crippen LogP) is 6.19. The largest absolute Gasteiger partial charge is 0.494 e. The molecule has 0 fully saturated rings. The summed E-state index contributed by atoms with van der Waals surface area (Å²) in [5.41, 5.74) is 6.12. The number of carbonyl (C=O) groups excluding carboxylic acids is 2. The molecule has 0 unspecified atom stereocenters. The molecule has 33 heavy (non-hydrogen) atoms. The van der Waals surface area contributed by atoms with Crippen molar-refractivity contribution in [2.45, 2.75) is 45.4 Å². The van der Waals surface area contributed by atoms with E-state index in [-0.39, 0.29) is 5.91 Å². The second-order valence-electron chi connectivity index (χ2n) is 8.35. The Hall–Kier alpha value is -3.12. The summed E-state index contributed by atoms with van der Waals surface area (Å²) in [4.78, 5) is 25.2. The standard InChI is InChI=1S/C27H29NO4S/c1-18-9-13-22(14-10-18)32-15-5-8-24(29)28-26-25(27(30)31-2)23(17-33-26)21-12-11-19-6-3-4-7-20(19)16-21/h9-14,16-17H,3-8,15H2,1-2H3,(H,28,29). The predicted molar refractivity (Wildman–Crippen MR) is 132 cm³/mol. The van der Waals surface area contributed by atoms with E-state index in [0.29, 0.717) is 30.0 Å². The van der Waals surface area contributed by atoms with Gasteiger partial charge in [-0.1, -0.05) is 35.9 Å². The van der Waals surface area contributed by atoms with Gasteiger partial charge >= 0.3 is 5.97 Å². The Balaban J connectivity index is 1.42. The molecule has 1 aliphatic rings. The number of hydrogen-bond donors (Lipinski definition) is 1. The van der Waals surface area contributed by atoms with E-state index in [9.17, 15) is 9.59 Å². The Kier molecular flexibility index (Phi) is 7.45. The van der Waals surface area contributed by atoms with Crippen molar-refractivity contribution in [3.05, 3.63) is 70.1 Å². The number of aryl methyl sites for hydroxylation is 3. The first-order chi connectivity index (χ1) is 16.0. The van der Waals surface area contributed by atoms with Gasteiger partial charge in [0.1, 0.15) is 16.3 Å². The highest BCUT2D eigenvalue weighted by Crippen LogP contribution is 2.37. The highest BCUT2D eigenvalue weighted by Gasteiger charge is 2.23. The van der Waals surface area contributed by atoms with Crippen LogP contribution in [0.5, 0.6) is 5.75 Å². The zero-order valence-electron chi connectivity index (χ0n) is 19.1. The van der Waals surface area contributed by atoms with Gasteiger partial charge in [-0.05, 0) is 67.9 Å². The summed E-state index contributed by atoms with van der Waals surface area (Å²) < 4.78 is 10.7. The van der Waals surface area contributed by atoms with Crippen LogP contribution in [0.3, 0.4) is 0 Å². The third-order valence-electron chi connectivity index (χ3n) is 5.93. The van der Waals surface area contributed by atoms with E-state index in [1.807, 2.05) is 36.6 Å². The number of carbonyl (C=O) groups is 2. The zero-order chi connectivity index (χ0) is 23.2. The molecular formula is C27H29NO4S. The Bertz CT molecular complexity index is 1130. The maximum Gasteiger partial charge on any atom is 0.341 e. The van der Waals surface area contributed by atoms with Crippen LogP contribution in [-0.4, -0.2) is 25.6 Å². The fourth-order valence-corrected chi connectivity index (χ4v) is 5.09. The molecule has 5 nitrogen and oxygen atoms in total. The van der Waals surface area contributed by atoms with Crippen molar-refractivity contribution in [1.29, 1.82) is 0 Å². The average molecular weight is 464 g/mol. The molecule has 0 atom stereocenters. The Morgan fingerprint density at radius 2 is 1.79 bits per heavy atom. The Labute approximate surface area is 198 Å². The van der Waals surface area contributed by atoms with E-state index in [1.165, 1.54) is 48.0 Å². The van der Waals surface area contributed by atoms with Gasteiger partial charge in [0, 0.05) is 17.4 Å². The molecule has 6 heteroatoms. The topological polar surface area (TPSA) is 64.6 Å². The quantitative estimate of drug-likeness (QED) is 0.320. The minimum atomic E-state index is -0.443. The lowest BCUT2D eigenvalue weighted by atomic mass is 9.89. The van der Waals surface area contributed by atoms with Crippen molar-refractivity contribution in [2.75, 3.05) is 19.0 Å². The molecule has 1 amide bonds. The minimum absolute atomic E-state index is 0.147. The third kappa shape index (κ3) is 5.63. The first kappa shape index (κ1) is 23.1. The highest BCUT2D eigenvalue weighted by molar-refractivity contribution is 7.15. The number of fused-ring (bicyclic) bond motifs is 1. The first-order valence-corrected chi connectivity index (χ1v) is 12.2. The lowest BCUT2D eigenvalue weighted by molar-refractivity contribution is -0.116. The minimum Gasteiger partial charge on any atom is -0.494 e. The normalized spacial score (nSPS) is 12.7. The van der Waals surface area contributed by atoms with Crippen LogP contribution in [0, 0.1) is 6.92 Å². The van der Waals surface area contributed by atoms with E-state index >= 15 is 0 Å². The van der Waals surface area contributed by atoms with Crippen LogP contribution in [0.15, 0.2) is 47.8 Å². The molecule has 172 valence electrons. The summed E-state index contributed by atoms with van der Waals surface area (Å²) in [6, 6.07) is 14.2. The van der Waals surface area contributed by atoms with Crippen LogP contribution in [0.4, 0.5) is 5.00 Å². The van der Waals surface area contributed by atoms with Crippen molar-refractivity contribution in [2.24, 2.45) is 0 Å². The molecule has 0 saturated heterocycles. The second-order valence-corrected chi connectivity index (χ2v) is 9.23. The molecule has 1 N–H and O–H groups in total. The second kappa shape index (κ2) is 10.7. The lowest BCUT2D eigenvalue weighted by Crippen LogP contribution is -2.15. The zero-order valence-corrected chi connectivity index (χ0v) is 19.9. The number of hydrogen-bond acceptors (Lipinski definition) is 5. The number of rotatable bonds is 8. The number of nitrogens with one attached hydrogen (secondary N) is 1. The molecule has 0 saturated carbocycles. The van der Waals surface area contributed by atoms with Gasteiger partial charge in [-0.15, -0.1) is 11.3 Å². The van der Waals surface area contributed by atoms with Crippen LogP contribution in [0.2, 0.25) is 0 Å². The van der Waals surface area contributed by atoms with Gasteiger partial charge in [0.15, 0.2) is 0 Å². The van der Waals surface area contributed by atoms with Gasteiger partial charge in [-0.3, -0.25) is 4.79 Å². The first-order valence-electron chi connectivity index (χ1n) is 11.4. The number of amides is 1. The summed E-state index contributed by atoms with van der Waals surface area (Å²) in [6.07, 6.45) is 5.48. The molecule has 2 aromatic carbocycles. The van der Waals surface area contributed by atoms with Crippen LogP contribution in [0.25, 0.3) is 11.1 Å². The van der Waals surface area contributed by atoms with Crippen molar-refractivity contribution < 1.29 is 19.1 Å². The molecule has 0 radical (unpaired) electrons. The number of ether oxygens (including phenoxy) is 2. The van der Waals surface area contributed by atoms with Gasteiger partial charge in [0.05, 0.1) is 13.7 Å². The molecule has 0 aliphatic heterocycles. The lowest BCUT2D eigenvalue weighted by Gasteiger charge is -2.16. The molecular weight excluding hydrogens is 434 g/mol. The van der Waals surface area contributed by atoms with Crippen molar-refractivity contribution in [3.8, 4) is 16.9 Å². The summed E-state index contributed by atoms with van der Waals surface area (Å²) in [7, 11) is 1.37. The van der Waals surface area contributed by atoms with Gasteiger partial charge < -0.3 is 14.8 Å². The van der Waals surface area contributed by atoms with Crippen molar-refractivity contribution in [3.63, 3.8) is 0 Å². The Morgan fingerprint density at radius 1 is 1.03 bits per heavy atom. The van der Waals surface area contributed by atoms with Gasteiger partial charge in [-0.25, -0.2) is 4.79 Å². The molecule has 1 aliphatic carbocycles. The third-order valence-corrected chi connectivity index (χ3v) is 6.83. The highest BCUT2D eigenvalue weighted by atomic mass is 32.1. The monoisotopic (exact) mass is 463 g/mol. The smallest absolute Gasteiger partial charge is 0.341 e. The maximum absolute atomic E-state index is 12.6. The van der Waals surface area contributed by atoms with Crippen LogP contribution in [-0.2, 0) is 22.4 Å². The summed E-state index contributed by atoms with van der Waals surface area (Å²) in [5, 5.41) is 5.36. The van der Waals surface area contributed by atoms with Crippen LogP contribution in [0.1, 0.15) is 52.7 Å². The van der Waals surface area contributed by atoms with Gasteiger partial charge in [-0.2, -0.15) is 0 Å². The van der Waals surface area contributed by atoms with Crippen molar-refractivity contribution in [1.82, 2.24) is 0 Å². The number of thiophene rings is 1. The Morgan fingerprint density at radius 3 is 2.55 bits per heavy atom. The summed E-state index contributed by atoms with van der Waals surface area (Å²) >= 11 is 1.35. The molecule has 0 spiro atoms. The van der Waals surface area contributed by atoms with E-state index in [0.717, 1.165) is 29.7 Å².